The maximum absolute atomic E-state index is 11.8. The quantitative estimate of drug-likeness (QED) is 0.507. The van der Waals surface area contributed by atoms with E-state index in [2.05, 4.69) is 5.32 Å². The summed E-state index contributed by atoms with van der Waals surface area (Å²) in [5, 5.41) is 22.1. The molecule has 1 aromatic rings. The third kappa shape index (κ3) is 3.63. The summed E-state index contributed by atoms with van der Waals surface area (Å²) in [4.78, 5) is 20.6. The van der Waals surface area contributed by atoms with Crippen LogP contribution in [0.15, 0.2) is 34.6 Å². The van der Waals surface area contributed by atoms with Crippen molar-refractivity contribution in [2.75, 3.05) is 5.32 Å². The van der Waals surface area contributed by atoms with Crippen LogP contribution in [-0.2, 0) is 14.6 Å². The Morgan fingerprint density at radius 2 is 2.15 bits per heavy atom. The zero-order chi connectivity index (χ0) is 15.3. The predicted octanol–water partition coefficient (Wildman–Crippen LogP) is 1.36. The average molecular weight is 295 g/mol. The largest absolute Gasteiger partial charge is 0.321 e. The van der Waals surface area contributed by atoms with Gasteiger partial charge in [0.2, 0.25) is 15.7 Å². The van der Waals surface area contributed by atoms with Gasteiger partial charge in [-0.3, -0.25) is 14.9 Å². The number of carbonyl (C=O) groups excluding carboxylic acids is 1. The van der Waals surface area contributed by atoms with Crippen LogP contribution in [0.5, 0.6) is 0 Å². The molecular formula is C11H9N3O5S. The maximum atomic E-state index is 11.8. The second kappa shape index (κ2) is 5.94. The van der Waals surface area contributed by atoms with Gasteiger partial charge in [0.1, 0.15) is 5.69 Å². The lowest BCUT2D eigenvalue weighted by molar-refractivity contribution is -0.384. The fraction of sp³-hybridized carbons (Fsp3) is 0.0909. The first-order valence-electron chi connectivity index (χ1n) is 5.15. The zero-order valence-electron chi connectivity index (χ0n) is 10.2. The van der Waals surface area contributed by atoms with Gasteiger partial charge in [0.05, 0.1) is 15.9 Å². The van der Waals surface area contributed by atoms with Crippen molar-refractivity contribution in [2.24, 2.45) is 0 Å². The fourth-order valence-electron chi connectivity index (χ4n) is 1.33. The van der Waals surface area contributed by atoms with Gasteiger partial charge < -0.3 is 5.32 Å². The van der Waals surface area contributed by atoms with Crippen molar-refractivity contribution in [3.05, 3.63) is 39.8 Å². The summed E-state index contributed by atoms with van der Waals surface area (Å²) < 4.78 is 23.5. The van der Waals surface area contributed by atoms with E-state index in [1.807, 2.05) is 0 Å². The molecule has 0 fully saturated rings. The monoisotopic (exact) mass is 295 g/mol. The zero-order valence-corrected chi connectivity index (χ0v) is 11.0. The summed E-state index contributed by atoms with van der Waals surface area (Å²) in [6, 6.07) is 4.56. The van der Waals surface area contributed by atoms with Gasteiger partial charge in [0.15, 0.2) is 0 Å². The molecule has 0 saturated heterocycles. The lowest BCUT2D eigenvalue weighted by Crippen LogP contribution is -2.09. The SMILES string of the molecule is CC(=O)Nc1ccc(S(=O)(=O)/C=C/C#N)cc1[N+](=O)[O-]. The lowest BCUT2D eigenvalue weighted by Gasteiger charge is -2.05. The molecule has 1 amide bonds. The van der Waals surface area contributed by atoms with Crippen LogP contribution in [0.1, 0.15) is 6.92 Å². The number of anilines is 1. The Balaban J connectivity index is 3.38. The minimum absolute atomic E-state index is 0.106. The van der Waals surface area contributed by atoms with Crippen molar-refractivity contribution >= 4 is 27.1 Å². The number of benzene rings is 1. The van der Waals surface area contributed by atoms with E-state index in [9.17, 15) is 23.3 Å². The summed E-state index contributed by atoms with van der Waals surface area (Å²) in [5.41, 5.74) is -0.655. The van der Waals surface area contributed by atoms with Crippen LogP contribution in [0, 0.1) is 21.4 Å². The van der Waals surface area contributed by atoms with E-state index >= 15 is 0 Å². The molecule has 8 nitrogen and oxygen atoms in total. The highest BCUT2D eigenvalue weighted by molar-refractivity contribution is 7.94. The van der Waals surface area contributed by atoms with Crippen molar-refractivity contribution in [3.8, 4) is 6.07 Å². The van der Waals surface area contributed by atoms with Crippen molar-refractivity contribution < 1.29 is 18.1 Å². The Kier molecular flexibility index (Phi) is 4.55. The Labute approximate surface area is 114 Å². The summed E-state index contributed by atoms with van der Waals surface area (Å²) in [6.07, 6.45) is 0.753. The third-order valence-electron chi connectivity index (χ3n) is 2.13. The number of amides is 1. The smallest absolute Gasteiger partial charge is 0.294 e. The van der Waals surface area contributed by atoms with Crippen LogP contribution < -0.4 is 5.32 Å². The van der Waals surface area contributed by atoms with Crippen LogP contribution in [0.2, 0.25) is 0 Å². The number of nitro groups is 1. The molecule has 1 N–H and O–H groups in total. The Bertz CT molecular complexity index is 731. The molecule has 0 aromatic heterocycles. The Hall–Kier alpha value is -2.73. The number of hydrogen-bond acceptors (Lipinski definition) is 6. The summed E-state index contributed by atoms with van der Waals surface area (Å²) in [7, 11) is -3.94. The molecule has 0 heterocycles. The van der Waals surface area contributed by atoms with E-state index in [0.717, 1.165) is 24.3 Å². The molecule has 0 atom stereocenters. The van der Waals surface area contributed by atoms with Crippen molar-refractivity contribution in [1.29, 1.82) is 5.26 Å². The van der Waals surface area contributed by atoms with Crippen molar-refractivity contribution in [1.82, 2.24) is 0 Å². The highest BCUT2D eigenvalue weighted by Gasteiger charge is 2.20. The van der Waals surface area contributed by atoms with Crippen LogP contribution in [-0.4, -0.2) is 19.2 Å². The Morgan fingerprint density at radius 3 is 2.65 bits per heavy atom. The number of nitro benzene ring substituents is 1. The molecule has 20 heavy (non-hydrogen) atoms. The maximum Gasteiger partial charge on any atom is 0.294 e. The van der Waals surface area contributed by atoms with Gasteiger partial charge in [-0.1, -0.05) is 0 Å². The number of allylic oxidation sites excluding steroid dienone is 1. The van der Waals surface area contributed by atoms with E-state index in [4.69, 9.17) is 5.26 Å². The molecule has 104 valence electrons. The molecule has 0 aliphatic heterocycles. The number of sulfone groups is 1. The molecule has 0 spiro atoms. The first-order chi connectivity index (χ1) is 9.27. The summed E-state index contributed by atoms with van der Waals surface area (Å²) in [6.45, 7) is 1.17. The first-order valence-corrected chi connectivity index (χ1v) is 6.70. The van der Waals surface area contributed by atoms with E-state index < -0.39 is 26.4 Å². The van der Waals surface area contributed by atoms with Gasteiger partial charge in [-0.25, -0.2) is 8.42 Å². The van der Waals surface area contributed by atoms with Gasteiger partial charge in [-0.15, -0.1) is 0 Å². The molecule has 0 bridgehead atoms. The van der Waals surface area contributed by atoms with Crippen LogP contribution in [0.3, 0.4) is 0 Å². The molecule has 0 aliphatic rings. The highest BCUT2D eigenvalue weighted by Crippen LogP contribution is 2.28. The van der Waals surface area contributed by atoms with E-state index in [-0.39, 0.29) is 10.6 Å². The molecule has 0 aliphatic carbocycles. The minimum atomic E-state index is -3.94. The first kappa shape index (κ1) is 15.3. The predicted molar refractivity (Wildman–Crippen MR) is 69.3 cm³/mol. The number of hydrogen-bond donors (Lipinski definition) is 1. The lowest BCUT2D eigenvalue weighted by atomic mass is 10.2. The molecular weight excluding hydrogens is 286 g/mol. The number of nitrogens with one attached hydrogen (secondary N) is 1. The van der Waals surface area contributed by atoms with Crippen LogP contribution in [0.4, 0.5) is 11.4 Å². The molecule has 0 saturated carbocycles. The Morgan fingerprint density at radius 1 is 1.50 bits per heavy atom. The van der Waals surface area contributed by atoms with Crippen molar-refractivity contribution in [3.63, 3.8) is 0 Å². The van der Waals surface area contributed by atoms with E-state index in [1.54, 1.807) is 0 Å². The van der Waals surface area contributed by atoms with Gasteiger partial charge in [0, 0.05) is 24.5 Å². The fourth-order valence-corrected chi connectivity index (χ4v) is 2.26. The second-order valence-electron chi connectivity index (χ2n) is 3.59. The normalized spacial score (nSPS) is 11.0. The van der Waals surface area contributed by atoms with Crippen molar-refractivity contribution in [2.45, 2.75) is 11.8 Å². The average Bonchev–Trinajstić information content (AvgIpc) is 2.35. The van der Waals surface area contributed by atoms with Gasteiger partial charge in [0.25, 0.3) is 5.69 Å². The molecule has 0 radical (unpaired) electrons. The van der Waals surface area contributed by atoms with Gasteiger partial charge in [-0.2, -0.15) is 5.26 Å². The molecule has 1 rings (SSSR count). The number of rotatable bonds is 4. The third-order valence-corrected chi connectivity index (χ3v) is 3.53. The van der Waals surface area contributed by atoms with Crippen LogP contribution in [0.25, 0.3) is 0 Å². The van der Waals surface area contributed by atoms with E-state index in [0.29, 0.717) is 5.41 Å². The van der Waals surface area contributed by atoms with E-state index in [1.165, 1.54) is 13.0 Å². The molecule has 0 unspecified atom stereocenters. The number of nitrogens with zero attached hydrogens (tertiary/aromatic N) is 2. The highest BCUT2D eigenvalue weighted by atomic mass is 32.2. The topological polar surface area (TPSA) is 130 Å². The summed E-state index contributed by atoms with van der Waals surface area (Å²) in [5.74, 6) is -0.520. The standard InChI is InChI=1S/C11H9N3O5S/c1-8(15)13-10-4-3-9(7-11(10)14(16)17)20(18,19)6-2-5-12/h2-4,6-7H,1H3,(H,13,15)/b6-2+. The second-order valence-corrected chi connectivity index (χ2v) is 5.43. The number of carbonyl (C=O) groups is 1. The minimum Gasteiger partial charge on any atom is -0.321 e. The number of nitriles is 1. The van der Waals surface area contributed by atoms with Gasteiger partial charge in [-0.05, 0) is 12.1 Å². The molecule has 1 aromatic carbocycles. The van der Waals surface area contributed by atoms with Crippen LogP contribution >= 0.6 is 0 Å². The van der Waals surface area contributed by atoms with Gasteiger partial charge >= 0.3 is 0 Å². The molecule has 9 heteroatoms. The summed E-state index contributed by atoms with van der Waals surface area (Å²) >= 11 is 0.